The molecule has 0 radical (unpaired) electrons. The summed E-state index contributed by atoms with van der Waals surface area (Å²) in [5, 5.41) is 24.8. The largest absolute Gasteiger partial charge is 0.463 e. The van der Waals surface area contributed by atoms with Crippen LogP contribution in [-0.4, -0.2) is 56.7 Å². The van der Waals surface area contributed by atoms with Crippen LogP contribution in [-0.2, 0) is 14.3 Å². The Hall–Kier alpha value is -2.23. The van der Waals surface area contributed by atoms with Crippen LogP contribution in [0.3, 0.4) is 0 Å². The smallest absolute Gasteiger partial charge is 0.308 e. The molecule has 9 heteroatoms. The van der Waals surface area contributed by atoms with Crippen LogP contribution in [0.25, 0.3) is 5.52 Å². The monoisotopic (exact) mass is 338 g/mol. The van der Waals surface area contributed by atoms with E-state index in [2.05, 4.69) is 10.1 Å². The summed E-state index contributed by atoms with van der Waals surface area (Å²) >= 11 is 0. The van der Waals surface area contributed by atoms with Crippen molar-refractivity contribution in [2.45, 2.75) is 32.2 Å². The van der Waals surface area contributed by atoms with E-state index in [9.17, 15) is 15.0 Å². The number of anilines is 1. The van der Waals surface area contributed by atoms with E-state index >= 15 is 0 Å². The van der Waals surface area contributed by atoms with Crippen LogP contribution in [0.2, 0.25) is 0 Å². The summed E-state index contributed by atoms with van der Waals surface area (Å²) in [5.74, 6) is -0.446. The second-order valence-corrected chi connectivity index (χ2v) is 5.69. The number of aliphatic hydroxyl groups excluding tert-OH is 2. The van der Waals surface area contributed by atoms with Crippen LogP contribution in [0.15, 0.2) is 18.5 Å². The van der Waals surface area contributed by atoms with Crippen LogP contribution < -0.4 is 5.73 Å². The maximum Gasteiger partial charge on any atom is 0.308 e. The number of hydrogen-bond donors (Lipinski definition) is 3. The number of fused-ring (bicyclic) bond motifs is 1. The first-order valence-electron chi connectivity index (χ1n) is 7.50. The second-order valence-electron chi connectivity index (χ2n) is 5.69. The number of aromatic nitrogens is 3. The lowest BCUT2D eigenvalue weighted by molar-refractivity contribution is -0.157. The minimum atomic E-state index is -1.33. The summed E-state index contributed by atoms with van der Waals surface area (Å²) in [6, 6.07) is 3.22. The Labute approximate surface area is 139 Å². The topological polar surface area (TPSA) is 132 Å². The third-order valence-corrected chi connectivity index (χ3v) is 3.68. The van der Waals surface area contributed by atoms with Gasteiger partial charge in [-0.25, -0.2) is 9.50 Å². The number of aliphatic hydroxyl groups is 2. The van der Waals surface area contributed by atoms with Crippen molar-refractivity contribution in [1.29, 1.82) is 0 Å². The molecule has 2 rings (SSSR count). The summed E-state index contributed by atoms with van der Waals surface area (Å²) < 4.78 is 11.6. The third kappa shape index (κ3) is 3.64. The van der Waals surface area contributed by atoms with Gasteiger partial charge in [-0.3, -0.25) is 4.79 Å². The summed E-state index contributed by atoms with van der Waals surface area (Å²) in [6.45, 7) is 3.23. The van der Waals surface area contributed by atoms with Crippen LogP contribution in [0.1, 0.15) is 25.6 Å². The first-order chi connectivity index (χ1) is 11.4. The fourth-order valence-corrected chi connectivity index (χ4v) is 2.21. The van der Waals surface area contributed by atoms with Gasteiger partial charge in [0.1, 0.15) is 36.8 Å². The average Bonchev–Trinajstić information content (AvgIpc) is 2.99. The second kappa shape index (κ2) is 7.56. The third-order valence-electron chi connectivity index (χ3n) is 3.68. The summed E-state index contributed by atoms with van der Waals surface area (Å²) in [4.78, 5) is 15.4. The molecule has 9 nitrogen and oxygen atoms in total. The zero-order chi connectivity index (χ0) is 17.9. The van der Waals surface area contributed by atoms with Crippen molar-refractivity contribution >= 4 is 17.3 Å². The maximum atomic E-state index is 11.5. The van der Waals surface area contributed by atoms with Gasteiger partial charge in [-0.15, -0.1) is 0 Å². The Balaban J connectivity index is 2.15. The molecule has 2 heterocycles. The van der Waals surface area contributed by atoms with E-state index in [1.165, 1.54) is 18.0 Å². The summed E-state index contributed by atoms with van der Waals surface area (Å²) in [5.41, 5.74) is 6.58. The number of carbonyl (C=O) groups is 1. The molecule has 0 amide bonds. The summed E-state index contributed by atoms with van der Waals surface area (Å²) in [6.07, 6.45) is -2.29. The Morgan fingerprint density at radius 3 is 2.71 bits per heavy atom. The first-order valence-corrected chi connectivity index (χ1v) is 7.50. The van der Waals surface area contributed by atoms with E-state index in [-0.39, 0.29) is 18.3 Å². The summed E-state index contributed by atoms with van der Waals surface area (Å²) in [7, 11) is 1.36. The van der Waals surface area contributed by atoms with Crippen molar-refractivity contribution in [3.63, 3.8) is 0 Å². The number of carbonyl (C=O) groups excluding carboxylic acids is 1. The SMILES string of the molecule is COC(COC(=O)C(C)C)[C@@H](O)C(O)c1ccc2c(N)ncnn12. The molecule has 0 saturated heterocycles. The van der Waals surface area contributed by atoms with Crippen LogP contribution in [0.4, 0.5) is 5.82 Å². The minimum Gasteiger partial charge on any atom is -0.463 e. The molecule has 0 bridgehead atoms. The van der Waals surface area contributed by atoms with Gasteiger partial charge in [0.15, 0.2) is 5.82 Å². The highest BCUT2D eigenvalue weighted by Crippen LogP contribution is 2.24. The number of nitrogens with zero attached hydrogens (tertiary/aromatic N) is 3. The molecule has 0 aliphatic carbocycles. The molecular formula is C15H22N4O5. The molecule has 0 aliphatic heterocycles. The highest BCUT2D eigenvalue weighted by Gasteiger charge is 2.31. The van der Waals surface area contributed by atoms with Gasteiger partial charge < -0.3 is 25.4 Å². The molecule has 3 atom stereocenters. The molecule has 2 aromatic heterocycles. The van der Waals surface area contributed by atoms with Gasteiger partial charge in [0.2, 0.25) is 0 Å². The Morgan fingerprint density at radius 1 is 1.38 bits per heavy atom. The standard InChI is InChI=1S/C15H22N4O5/c1-8(2)15(22)24-6-11(23-3)13(21)12(20)9-4-5-10-14(16)17-7-18-19(9)10/h4-5,7-8,11-13,20-21H,6H2,1-3H3,(H2,16,17,18)/t11?,12?,13-/m1/s1. The molecule has 24 heavy (non-hydrogen) atoms. The van der Waals surface area contributed by atoms with Crippen LogP contribution >= 0.6 is 0 Å². The molecule has 2 unspecified atom stereocenters. The van der Waals surface area contributed by atoms with Crippen molar-refractivity contribution in [3.05, 3.63) is 24.2 Å². The average molecular weight is 338 g/mol. The molecule has 0 aliphatic rings. The molecule has 0 aromatic carbocycles. The van der Waals surface area contributed by atoms with Crippen molar-refractivity contribution in [2.75, 3.05) is 19.5 Å². The molecule has 0 fully saturated rings. The predicted molar refractivity (Wildman–Crippen MR) is 85.0 cm³/mol. The van der Waals surface area contributed by atoms with E-state index in [0.29, 0.717) is 11.2 Å². The van der Waals surface area contributed by atoms with E-state index < -0.39 is 24.3 Å². The number of ether oxygens (including phenoxy) is 2. The molecule has 0 spiro atoms. The van der Waals surface area contributed by atoms with Crippen LogP contribution in [0, 0.1) is 5.92 Å². The van der Waals surface area contributed by atoms with Crippen molar-refractivity contribution < 1.29 is 24.5 Å². The van der Waals surface area contributed by atoms with Crippen molar-refractivity contribution in [2.24, 2.45) is 5.92 Å². The van der Waals surface area contributed by atoms with E-state index in [4.69, 9.17) is 15.2 Å². The number of nitrogens with two attached hydrogens (primary N) is 1. The van der Waals surface area contributed by atoms with Gasteiger partial charge >= 0.3 is 5.97 Å². The quantitative estimate of drug-likeness (QED) is 0.597. The number of esters is 1. The van der Waals surface area contributed by atoms with Gasteiger partial charge in [-0.2, -0.15) is 5.10 Å². The highest BCUT2D eigenvalue weighted by molar-refractivity contribution is 5.71. The van der Waals surface area contributed by atoms with Crippen molar-refractivity contribution in [3.8, 4) is 0 Å². The Morgan fingerprint density at radius 2 is 2.08 bits per heavy atom. The maximum absolute atomic E-state index is 11.5. The molecular weight excluding hydrogens is 316 g/mol. The highest BCUT2D eigenvalue weighted by atomic mass is 16.6. The first kappa shape index (κ1) is 18.1. The minimum absolute atomic E-state index is 0.174. The molecule has 4 N–H and O–H groups in total. The van der Waals surface area contributed by atoms with E-state index in [1.807, 2.05) is 0 Å². The zero-order valence-electron chi connectivity index (χ0n) is 13.8. The lowest BCUT2D eigenvalue weighted by atomic mass is 10.1. The van der Waals surface area contributed by atoms with Gasteiger partial charge in [-0.1, -0.05) is 13.8 Å². The number of rotatable bonds is 7. The molecule has 2 aromatic rings. The van der Waals surface area contributed by atoms with Crippen LogP contribution in [0.5, 0.6) is 0 Å². The Kier molecular flexibility index (Phi) is 5.71. The lowest BCUT2D eigenvalue weighted by Gasteiger charge is -2.25. The number of methoxy groups -OCH3 is 1. The van der Waals surface area contributed by atoms with Gasteiger partial charge in [0.05, 0.1) is 11.6 Å². The molecule has 0 saturated carbocycles. The van der Waals surface area contributed by atoms with E-state index in [0.717, 1.165) is 0 Å². The number of hydrogen-bond acceptors (Lipinski definition) is 8. The fourth-order valence-electron chi connectivity index (χ4n) is 2.21. The molecule has 132 valence electrons. The van der Waals surface area contributed by atoms with Gasteiger partial charge in [0.25, 0.3) is 0 Å². The lowest BCUT2D eigenvalue weighted by Crippen LogP contribution is -2.38. The zero-order valence-corrected chi connectivity index (χ0v) is 13.8. The van der Waals surface area contributed by atoms with Crippen molar-refractivity contribution in [1.82, 2.24) is 14.6 Å². The Bertz CT molecular complexity index is 702. The van der Waals surface area contributed by atoms with Gasteiger partial charge in [0, 0.05) is 7.11 Å². The normalized spacial score (nSPS) is 15.4. The fraction of sp³-hybridized carbons (Fsp3) is 0.533. The van der Waals surface area contributed by atoms with E-state index in [1.54, 1.807) is 26.0 Å². The van der Waals surface area contributed by atoms with Gasteiger partial charge in [-0.05, 0) is 12.1 Å². The number of nitrogen functional groups attached to an aromatic ring is 1. The predicted octanol–water partition coefficient (Wildman–Crippen LogP) is -0.0800.